The van der Waals surface area contributed by atoms with Crippen molar-refractivity contribution in [2.75, 3.05) is 6.54 Å². The van der Waals surface area contributed by atoms with Gasteiger partial charge in [-0.2, -0.15) is 0 Å². The van der Waals surface area contributed by atoms with Crippen LogP contribution in [0.1, 0.15) is 20.8 Å². The predicted molar refractivity (Wildman–Crippen MR) is 52.2 cm³/mol. The van der Waals surface area contributed by atoms with Gasteiger partial charge in [-0.05, 0) is 18.4 Å². The largest absolute Gasteiger partial charge is 0.293 e. The van der Waals surface area contributed by atoms with Crippen LogP contribution in [-0.2, 0) is 0 Å². The molecular weight excluding hydrogens is 134 g/mol. The Morgan fingerprint density at radius 2 is 2.18 bits per heavy atom. The molecule has 0 radical (unpaired) electrons. The lowest BCUT2D eigenvalue weighted by Crippen LogP contribution is -1.92. The van der Waals surface area contributed by atoms with Crippen molar-refractivity contribution in [1.82, 2.24) is 0 Å². The lowest BCUT2D eigenvalue weighted by atomic mass is 10.2. The van der Waals surface area contributed by atoms with Gasteiger partial charge in [0.15, 0.2) is 0 Å². The molecule has 0 N–H and O–H groups in total. The Morgan fingerprint density at radius 1 is 1.55 bits per heavy atom. The summed E-state index contributed by atoms with van der Waals surface area (Å²) < 4.78 is 0. The molecule has 0 rings (SSSR count). The summed E-state index contributed by atoms with van der Waals surface area (Å²) in [6.45, 7) is 10.8. The molecule has 1 heteroatoms. The monoisotopic (exact) mass is 151 g/mol. The minimum absolute atomic E-state index is 0.641. The Bertz CT molecular complexity index is 164. The molecule has 0 atom stereocenters. The molecule has 0 aromatic carbocycles. The van der Waals surface area contributed by atoms with Crippen molar-refractivity contribution in [1.29, 1.82) is 0 Å². The van der Waals surface area contributed by atoms with Crippen LogP contribution in [0.4, 0.5) is 0 Å². The van der Waals surface area contributed by atoms with E-state index in [4.69, 9.17) is 0 Å². The molecule has 11 heavy (non-hydrogen) atoms. The van der Waals surface area contributed by atoms with Crippen molar-refractivity contribution in [3.63, 3.8) is 0 Å². The van der Waals surface area contributed by atoms with Crippen molar-refractivity contribution in [2.24, 2.45) is 10.9 Å². The fourth-order valence-electron chi connectivity index (χ4n) is 0.636. The first-order valence-corrected chi connectivity index (χ1v) is 3.96. The second-order valence-corrected chi connectivity index (χ2v) is 3.03. The fraction of sp³-hybridized carbons (Fsp3) is 0.500. The number of aliphatic imine (C=N–C) groups is 1. The van der Waals surface area contributed by atoms with Crippen molar-refractivity contribution < 1.29 is 0 Å². The zero-order valence-electron chi connectivity index (χ0n) is 7.67. The fourth-order valence-corrected chi connectivity index (χ4v) is 0.636. The second kappa shape index (κ2) is 5.90. The van der Waals surface area contributed by atoms with Gasteiger partial charge < -0.3 is 0 Å². The van der Waals surface area contributed by atoms with Crippen LogP contribution >= 0.6 is 0 Å². The molecule has 0 spiro atoms. The highest BCUT2D eigenvalue weighted by Crippen LogP contribution is 1.93. The maximum atomic E-state index is 4.25. The van der Waals surface area contributed by atoms with Crippen LogP contribution in [0.25, 0.3) is 0 Å². The molecule has 62 valence electrons. The van der Waals surface area contributed by atoms with E-state index in [2.05, 4.69) is 25.4 Å². The summed E-state index contributed by atoms with van der Waals surface area (Å²) in [6, 6.07) is 0. The molecule has 0 saturated heterocycles. The molecular formula is C10H17N. The van der Waals surface area contributed by atoms with E-state index in [0.29, 0.717) is 5.92 Å². The van der Waals surface area contributed by atoms with E-state index < -0.39 is 0 Å². The Morgan fingerprint density at radius 3 is 2.64 bits per heavy atom. The summed E-state index contributed by atoms with van der Waals surface area (Å²) >= 11 is 0. The zero-order valence-corrected chi connectivity index (χ0v) is 7.67. The molecule has 1 nitrogen and oxygen atoms in total. The highest BCUT2D eigenvalue weighted by molar-refractivity contribution is 5.78. The first-order valence-electron chi connectivity index (χ1n) is 3.96. The van der Waals surface area contributed by atoms with E-state index in [1.54, 1.807) is 6.08 Å². The van der Waals surface area contributed by atoms with Gasteiger partial charge in [0.25, 0.3) is 0 Å². The Kier molecular flexibility index (Phi) is 5.44. The standard InChI is InChI=1S/C10H17N/c1-5-6-10(4)8-11-7-9(2)3/h5-6,8-9H,1,7H2,2-4H3/b10-6-,11-8?. The predicted octanol–water partition coefficient (Wildman–Crippen LogP) is 2.85. The van der Waals surface area contributed by atoms with Gasteiger partial charge in [0, 0.05) is 12.8 Å². The summed E-state index contributed by atoms with van der Waals surface area (Å²) in [5.41, 5.74) is 1.15. The van der Waals surface area contributed by atoms with Crippen LogP contribution in [0.15, 0.2) is 29.3 Å². The molecule has 0 fully saturated rings. The van der Waals surface area contributed by atoms with Crippen molar-refractivity contribution in [2.45, 2.75) is 20.8 Å². The summed E-state index contributed by atoms with van der Waals surface area (Å²) in [5, 5.41) is 0. The van der Waals surface area contributed by atoms with Crippen LogP contribution in [-0.4, -0.2) is 12.8 Å². The van der Waals surface area contributed by atoms with E-state index in [0.717, 1.165) is 12.1 Å². The smallest absolute Gasteiger partial charge is 0.0412 e. The maximum absolute atomic E-state index is 4.25. The maximum Gasteiger partial charge on any atom is 0.0412 e. The van der Waals surface area contributed by atoms with Gasteiger partial charge in [0.1, 0.15) is 0 Å². The Hall–Kier alpha value is -0.850. The lowest BCUT2D eigenvalue weighted by Gasteiger charge is -1.96. The highest BCUT2D eigenvalue weighted by atomic mass is 14.7. The van der Waals surface area contributed by atoms with E-state index in [9.17, 15) is 0 Å². The summed E-state index contributed by atoms with van der Waals surface area (Å²) in [7, 11) is 0. The SMILES string of the molecule is C=C/C=C(/C)C=NCC(C)C. The van der Waals surface area contributed by atoms with Gasteiger partial charge in [0.05, 0.1) is 0 Å². The van der Waals surface area contributed by atoms with Gasteiger partial charge in [-0.25, -0.2) is 0 Å². The molecule has 0 aromatic rings. The van der Waals surface area contributed by atoms with Crippen LogP contribution in [0.3, 0.4) is 0 Å². The molecule has 0 saturated carbocycles. The Balaban J connectivity index is 3.73. The first kappa shape index (κ1) is 10.2. The third-order valence-corrected chi connectivity index (χ3v) is 1.15. The van der Waals surface area contributed by atoms with Crippen LogP contribution in [0.5, 0.6) is 0 Å². The van der Waals surface area contributed by atoms with Gasteiger partial charge >= 0.3 is 0 Å². The number of allylic oxidation sites excluding steroid dienone is 3. The summed E-state index contributed by atoms with van der Waals surface area (Å²) in [4.78, 5) is 4.25. The zero-order chi connectivity index (χ0) is 8.69. The van der Waals surface area contributed by atoms with E-state index >= 15 is 0 Å². The van der Waals surface area contributed by atoms with Gasteiger partial charge in [-0.3, -0.25) is 4.99 Å². The van der Waals surface area contributed by atoms with Crippen molar-refractivity contribution in [3.05, 3.63) is 24.3 Å². The van der Waals surface area contributed by atoms with E-state index in [1.807, 2.05) is 19.2 Å². The number of hydrogen-bond donors (Lipinski definition) is 0. The second-order valence-electron chi connectivity index (χ2n) is 3.03. The topological polar surface area (TPSA) is 12.4 Å². The lowest BCUT2D eigenvalue weighted by molar-refractivity contribution is 0.667. The first-order chi connectivity index (χ1) is 5.16. The number of rotatable bonds is 4. The number of nitrogens with zero attached hydrogens (tertiary/aromatic N) is 1. The number of hydrogen-bond acceptors (Lipinski definition) is 1. The molecule has 0 amide bonds. The third-order valence-electron chi connectivity index (χ3n) is 1.15. The molecule has 0 bridgehead atoms. The van der Waals surface area contributed by atoms with Crippen LogP contribution in [0.2, 0.25) is 0 Å². The highest BCUT2D eigenvalue weighted by Gasteiger charge is 1.87. The molecule has 0 heterocycles. The van der Waals surface area contributed by atoms with E-state index in [-0.39, 0.29) is 0 Å². The quantitative estimate of drug-likeness (QED) is 0.433. The normalized spacial score (nSPS) is 12.9. The molecule has 0 aliphatic heterocycles. The van der Waals surface area contributed by atoms with Crippen molar-refractivity contribution in [3.8, 4) is 0 Å². The van der Waals surface area contributed by atoms with Crippen LogP contribution < -0.4 is 0 Å². The average Bonchev–Trinajstić information content (AvgIpc) is 1.87. The van der Waals surface area contributed by atoms with Crippen LogP contribution in [0, 0.1) is 5.92 Å². The summed E-state index contributed by atoms with van der Waals surface area (Å²) in [6.07, 6.45) is 5.61. The van der Waals surface area contributed by atoms with Gasteiger partial charge in [0.2, 0.25) is 0 Å². The van der Waals surface area contributed by atoms with E-state index in [1.165, 1.54) is 0 Å². The van der Waals surface area contributed by atoms with Gasteiger partial charge in [-0.15, -0.1) is 0 Å². The molecule has 0 aliphatic carbocycles. The third kappa shape index (κ3) is 7.04. The average molecular weight is 151 g/mol. The van der Waals surface area contributed by atoms with Crippen molar-refractivity contribution >= 4 is 6.21 Å². The molecule has 0 unspecified atom stereocenters. The molecule has 0 aliphatic rings. The summed E-state index contributed by atoms with van der Waals surface area (Å²) in [5.74, 6) is 0.641. The van der Waals surface area contributed by atoms with Gasteiger partial charge in [-0.1, -0.05) is 32.6 Å². The minimum Gasteiger partial charge on any atom is -0.293 e. The minimum atomic E-state index is 0.641. The molecule has 0 aromatic heterocycles. The Labute approximate surface area is 69.5 Å².